The van der Waals surface area contributed by atoms with Crippen LogP contribution in [-0.2, 0) is 19.1 Å². The van der Waals surface area contributed by atoms with Crippen LogP contribution in [0.3, 0.4) is 0 Å². The number of carbonyl (C=O) groups excluding carboxylic acids is 2. The van der Waals surface area contributed by atoms with Gasteiger partial charge in [-0.2, -0.15) is 26.3 Å². The van der Waals surface area contributed by atoms with Crippen molar-refractivity contribution in [2.24, 2.45) is 0 Å². The number of aromatic nitrogens is 1. The molecule has 3 rings (SSSR count). The highest BCUT2D eigenvalue weighted by atomic mass is 32.1. The Morgan fingerprint density at radius 1 is 1.00 bits per heavy atom. The van der Waals surface area contributed by atoms with Gasteiger partial charge in [-0.1, -0.05) is 11.3 Å². The van der Waals surface area contributed by atoms with Crippen LogP contribution in [0.2, 0.25) is 0 Å². The van der Waals surface area contributed by atoms with E-state index in [2.05, 4.69) is 4.98 Å². The number of benzene rings is 1. The summed E-state index contributed by atoms with van der Waals surface area (Å²) < 4.78 is 69.4. The van der Waals surface area contributed by atoms with Gasteiger partial charge >= 0.3 is 30.3 Å². The smallest absolute Gasteiger partial charge is 0.475 e. The van der Waals surface area contributed by atoms with Crippen LogP contribution in [0.15, 0.2) is 18.2 Å². The number of ether oxygens (including phenoxy) is 1. The number of nitrogens with two attached hydrogens (primary N) is 1. The Balaban J connectivity index is 0.000000426. The van der Waals surface area contributed by atoms with Gasteiger partial charge in [0.2, 0.25) is 0 Å². The molecule has 0 spiro atoms. The minimum Gasteiger partial charge on any atom is -0.475 e. The highest BCUT2D eigenvalue weighted by Crippen LogP contribution is 2.25. The Bertz CT molecular complexity index is 1110. The maximum atomic E-state index is 12.6. The van der Waals surface area contributed by atoms with Crippen LogP contribution >= 0.6 is 11.3 Å². The number of carboxylic acids is 2. The number of carbonyl (C=O) groups is 4. The second-order valence-electron chi connectivity index (χ2n) is 7.21. The number of fused-ring (bicyclic) bond motifs is 1. The van der Waals surface area contributed by atoms with E-state index in [9.17, 15) is 35.9 Å². The van der Waals surface area contributed by atoms with E-state index in [1.165, 1.54) is 11.3 Å². The fourth-order valence-corrected chi connectivity index (χ4v) is 3.47. The van der Waals surface area contributed by atoms with Crippen molar-refractivity contribution in [3.8, 4) is 0 Å². The minimum atomic E-state index is -5.08. The molecule has 2 heterocycles. The monoisotopic (exact) mass is 576 g/mol. The van der Waals surface area contributed by atoms with Gasteiger partial charge < -0.3 is 25.6 Å². The zero-order chi connectivity index (χ0) is 29.3. The fraction of sp³-hybridized carbons (Fsp3) is 0.450. The van der Waals surface area contributed by atoms with Crippen molar-refractivity contribution in [1.29, 1.82) is 0 Å². The van der Waals surface area contributed by atoms with Crippen molar-refractivity contribution in [2.45, 2.75) is 19.3 Å². The lowest BCUT2D eigenvalue weighted by Gasteiger charge is -2.34. The first-order valence-corrected chi connectivity index (χ1v) is 11.2. The Labute approximate surface area is 214 Å². The van der Waals surface area contributed by atoms with Crippen LogP contribution in [0.4, 0.5) is 31.5 Å². The first-order valence-electron chi connectivity index (χ1n) is 10.4. The maximum absolute atomic E-state index is 12.6. The summed E-state index contributed by atoms with van der Waals surface area (Å²) in [5.74, 6) is -5.75. The predicted molar refractivity (Wildman–Crippen MR) is 120 cm³/mol. The lowest BCUT2D eigenvalue weighted by molar-refractivity contribution is -0.193. The number of alkyl halides is 6. The summed E-state index contributed by atoms with van der Waals surface area (Å²) in [6, 6.07) is 5.48. The van der Waals surface area contributed by atoms with Crippen molar-refractivity contribution < 1.29 is 60.5 Å². The van der Waals surface area contributed by atoms with E-state index in [-0.39, 0.29) is 18.4 Å². The van der Waals surface area contributed by atoms with Gasteiger partial charge in [0, 0.05) is 31.7 Å². The molecular weight excluding hydrogens is 554 g/mol. The molecule has 0 radical (unpaired) electrons. The summed E-state index contributed by atoms with van der Waals surface area (Å²) in [6.07, 6.45) is -10.2. The molecule has 11 nitrogen and oxygen atoms in total. The van der Waals surface area contributed by atoms with Crippen molar-refractivity contribution in [3.63, 3.8) is 0 Å². The zero-order valence-electron chi connectivity index (χ0n) is 19.5. The van der Waals surface area contributed by atoms with Crippen LogP contribution < -0.4 is 5.73 Å². The number of halogens is 6. The number of thiazole rings is 1. The zero-order valence-corrected chi connectivity index (χ0v) is 20.3. The van der Waals surface area contributed by atoms with Gasteiger partial charge in [-0.3, -0.25) is 14.5 Å². The van der Waals surface area contributed by atoms with Crippen molar-refractivity contribution in [1.82, 2.24) is 14.8 Å². The number of amides is 1. The third-order valence-electron chi connectivity index (χ3n) is 4.45. The molecule has 0 saturated carbocycles. The van der Waals surface area contributed by atoms with E-state index in [0.717, 1.165) is 10.2 Å². The van der Waals surface area contributed by atoms with Gasteiger partial charge in [0.1, 0.15) is 0 Å². The van der Waals surface area contributed by atoms with E-state index >= 15 is 0 Å². The molecule has 1 amide bonds. The largest absolute Gasteiger partial charge is 0.490 e. The summed E-state index contributed by atoms with van der Waals surface area (Å²) in [4.78, 5) is 50.0. The number of nitrogens with zero attached hydrogens (tertiary/aromatic N) is 3. The third-order valence-corrected chi connectivity index (χ3v) is 5.32. The van der Waals surface area contributed by atoms with Crippen molar-refractivity contribution in [2.75, 3.05) is 45.1 Å². The lowest BCUT2D eigenvalue weighted by atomic mass is 10.1. The van der Waals surface area contributed by atoms with Crippen LogP contribution in [0.25, 0.3) is 10.2 Å². The Hall–Kier alpha value is -3.67. The van der Waals surface area contributed by atoms with Crippen LogP contribution in [0.1, 0.15) is 17.3 Å². The molecule has 1 aliphatic heterocycles. The maximum Gasteiger partial charge on any atom is 0.490 e. The lowest BCUT2D eigenvalue weighted by Crippen LogP contribution is -2.50. The van der Waals surface area contributed by atoms with Crippen LogP contribution in [0, 0.1) is 0 Å². The second kappa shape index (κ2) is 13.8. The van der Waals surface area contributed by atoms with E-state index < -0.39 is 24.3 Å². The van der Waals surface area contributed by atoms with Crippen LogP contribution in [-0.4, -0.2) is 100 Å². The molecule has 0 atom stereocenters. The molecule has 0 aliphatic carbocycles. The third kappa shape index (κ3) is 10.8. The first kappa shape index (κ1) is 32.4. The van der Waals surface area contributed by atoms with Gasteiger partial charge in [0.25, 0.3) is 5.91 Å². The predicted octanol–water partition coefficient (Wildman–Crippen LogP) is 2.47. The molecule has 1 aromatic carbocycles. The molecule has 18 heteroatoms. The molecule has 1 fully saturated rings. The van der Waals surface area contributed by atoms with Crippen molar-refractivity contribution >= 4 is 50.5 Å². The summed E-state index contributed by atoms with van der Waals surface area (Å²) in [5.41, 5.74) is 7.08. The molecule has 1 aromatic heterocycles. The highest BCUT2D eigenvalue weighted by Gasteiger charge is 2.38. The number of rotatable bonds is 4. The van der Waals surface area contributed by atoms with Crippen LogP contribution in [0.5, 0.6) is 0 Å². The minimum absolute atomic E-state index is 0.0146. The average molecular weight is 576 g/mol. The van der Waals surface area contributed by atoms with Crippen molar-refractivity contribution in [3.05, 3.63) is 23.8 Å². The quantitative estimate of drug-likeness (QED) is 0.364. The van der Waals surface area contributed by atoms with Gasteiger partial charge in [-0.25, -0.2) is 14.6 Å². The number of anilines is 1. The Morgan fingerprint density at radius 2 is 1.50 bits per heavy atom. The number of hydrogen-bond donors (Lipinski definition) is 3. The molecule has 0 unspecified atom stereocenters. The van der Waals surface area contributed by atoms with E-state index in [1.54, 1.807) is 17.9 Å². The number of esters is 1. The molecule has 1 aliphatic rings. The summed E-state index contributed by atoms with van der Waals surface area (Å²) >= 11 is 1.41. The molecule has 212 valence electrons. The molecular formula is C20H22F6N4O7S. The summed E-state index contributed by atoms with van der Waals surface area (Å²) in [5, 5.41) is 14.8. The second-order valence-corrected chi connectivity index (χ2v) is 8.28. The molecule has 4 N–H and O–H groups in total. The van der Waals surface area contributed by atoms with Gasteiger partial charge in [-0.15, -0.1) is 0 Å². The van der Waals surface area contributed by atoms with E-state index in [0.29, 0.717) is 43.5 Å². The molecule has 1 saturated heterocycles. The molecule has 2 aromatic rings. The summed E-state index contributed by atoms with van der Waals surface area (Å²) in [6.45, 7) is 4.97. The van der Waals surface area contributed by atoms with E-state index in [4.69, 9.17) is 30.3 Å². The first-order chi connectivity index (χ1) is 17.4. The number of hydrogen-bond acceptors (Lipinski definition) is 9. The SMILES string of the molecule is CCOC(=O)CN1CCN(C(=O)c2ccc3sc(N)nc3c2)CC1.O=C(O)C(F)(F)F.O=C(O)C(F)(F)F. The number of carboxylic acid groups (broad SMARTS) is 2. The topological polar surface area (TPSA) is 163 Å². The average Bonchev–Trinajstić information content (AvgIpc) is 3.18. The van der Waals surface area contributed by atoms with E-state index in [1.807, 2.05) is 17.0 Å². The number of piperazine rings is 1. The van der Waals surface area contributed by atoms with Gasteiger partial charge in [0.15, 0.2) is 5.13 Å². The Morgan fingerprint density at radius 3 is 1.95 bits per heavy atom. The van der Waals surface area contributed by atoms with Gasteiger partial charge in [0.05, 0.1) is 23.4 Å². The Kier molecular flexibility index (Phi) is 11.7. The number of aliphatic carboxylic acids is 2. The summed E-state index contributed by atoms with van der Waals surface area (Å²) in [7, 11) is 0. The standard InChI is InChI=1S/C16H20N4O3S.2C2HF3O2/c1-2-23-14(21)10-19-5-7-20(8-6-19)15(22)11-3-4-13-12(9-11)18-16(17)24-13;2*3-2(4,5)1(6)7/h3-4,9H,2,5-8,10H2,1H3,(H2,17,18);2*(H,6,7). The molecule has 0 bridgehead atoms. The fourth-order valence-electron chi connectivity index (χ4n) is 2.76. The highest BCUT2D eigenvalue weighted by molar-refractivity contribution is 7.22. The normalized spacial score (nSPS) is 14.0. The molecule has 38 heavy (non-hydrogen) atoms. The van der Waals surface area contributed by atoms with Gasteiger partial charge in [-0.05, 0) is 25.1 Å². The number of nitrogen functional groups attached to an aromatic ring is 1.